The summed E-state index contributed by atoms with van der Waals surface area (Å²) in [6.07, 6.45) is 0.760. The summed E-state index contributed by atoms with van der Waals surface area (Å²) in [5.41, 5.74) is 2.37. The smallest absolute Gasteiger partial charge is 0.270 e. The maximum absolute atomic E-state index is 12.2. The van der Waals surface area contributed by atoms with Gasteiger partial charge in [-0.15, -0.1) is 0 Å². The van der Waals surface area contributed by atoms with Crippen LogP contribution in [0.4, 0.5) is 0 Å². The van der Waals surface area contributed by atoms with E-state index in [1.54, 1.807) is 13.2 Å². The van der Waals surface area contributed by atoms with Gasteiger partial charge in [0.15, 0.2) is 5.16 Å². The van der Waals surface area contributed by atoms with Gasteiger partial charge in [-0.3, -0.25) is 4.79 Å². The van der Waals surface area contributed by atoms with Crippen LogP contribution in [0, 0.1) is 6.92 Å². The molecule has 23 heavy (non-hydrogen) atoms. The van der Waals surface area contributed by atoms with Crippen molar-refractivity contribution in [1.82, 2.24) is 15.3 Å². The van der Waals surface area contributed by atoms with E-state index in [1.807, 2.05) is 38.1 Å². The molecule has 0 bridgehead atoms. The first kappa shape index (κ1) is 17.3. The molecule has 1 heterocycles. The first-order valence-electron chi connectivity index (χ1n) is 7.52. The zero-order chi connectivity index (χ0) is 16.7. The maximum atomic E-state index is 12.2. The first-order valence-corrected chi connectivity index (χ1v) is 8.50. The zero-order valence-corrected chi connectivity index (χ0v) is 14.4. The summed E-state index contributed by atoms with van der Waals surface area (Å²) in [5, 5.41) is 3.55. The number of benzene rings is 1. The van der Waals surface area contributed by atoms with Gasteiger partial charge >= 0.3 is 0 Å². The average molecular weight is 331 g/mol. The van der Waals surface area contributed by atoms with E-state index in [9.17, 15) is 4.79 Å². The van der Waals surface area contributed by atoms with Gasteiger partial charge in [0, 0.05) is 12.2 Å². The molecule has 0 spiro atoms. The molecule has 1 N–H and O–H groups in total. The van der Waals surface area contributed by atoms with Crippen LogP contribution in [0.1, 0.15) is 28.7 Å². The fourth-order valence-electron chi connectivity index (χ4n) is 2.05. The van der Waals surface area contributed by atoms with Gasteiger partial charge in [-0.05, 0) is 42.9 Å². The molecule has 0 fully saturated rings. The van der Waals surface area contributed by atoms with Crippen molar-refractivity contribution in [1.29, 1.82) is 0 Å². The van der Waals surface area contributed by atoms with E-state index in [-0.39, 0.29) is 5.91 Å². The van der Waals surface area contributed by atoms with Crippen molar-refractivity contribution in [2.75, 3.05) is 19.4 Å². The molecule has 0 saturated carbocycles. The second-order valence-corrected chi connectivity index (χ2v) is 6.20. The second kappa shape index (κ2) is 8.53. The summed E-state index contributed by atoms with van der Waals surface area (Å²) in [6, 6.07) is 9.53. The van der Waals surface area contributed by atoms with Gasteiger partial charge in [-0.1, -0.05) is 30.8 Å². The van der Waals surface area contributed by atoms with Gasteiger partial charge in [-0.25, -0.2) is 9.97 Å². The summed E-state index contributed by atoms with van der Waals surface area (Å²) in [7, 11) is 1.64. The molecule has 0 aliphatic carbocycles. The number of nitrogens with one attached hydrogen (secondary N) is 1. The number of ether oxygens (including phenoxy) is 1. The van der Waals surface area contributed by atoms with E-state index in [1.165, 1.54) is 11.8 Å². The van der Waals surface area contributed by atoms with Gasteiger partial charge in [0.25, 0.3) is 5.91 Å². The lowest BCUT2D eigenvalue weighted by Gasteiger charge is -2.07. The Hall–Kier alpha value is -2.08. The average Bonchev–Trinajstić information content (AvgIpc) is 2.55. The fraction of sp³-hybridized carbons (Fsp3) is 0.353. The molecular formula is C17H21N3O2S. The van der Waals surface area contributed by atoms with Gasteiger partial charge in [0.1, 0.15) is 11.4 Å². The molecule has 2 rings (SSSR count). The van der Waals surface area contributed by atoms with Gasteiger partial charge in [0.2, 0.25) is 0 Å². The van der Waals surface area contributed by atoms with Crippen LogP contribution in [0.3, 0.4) is 0 Å². The molecule has 2 aromatic rings. The molecular weight excluding hydrogens is 310 g/mol. The summed E-state index contributed by atoms with van der Waals surface area (Å²) < 4.78 is 5.13. The molecule has 1 aromatic heterocycles. The Morgan fingerprint density at radius 1 is 1.26 bits per heavy atom. The van der Waals surface area contributed by atoms with E-state index in [2.05, 4.69) is 15.3 Å². The number of hydrogen-bond acceptors (Lipinski definition) is 5. The Morgan fingerprint density at radius 2 is 2.00 bits per heavy atom. The largest absolute Gasteiger partial charge is 0.497 e. The maximum Gasteiger partial charge on any atom is 0.270 e. The molecule has 0 aliphatic heterocycles. The van der Waals surface area contributed by atoms with Crippen LogP contribution in [0.25, 0.3) is 0 Å². The van der Waals surface area contributed by atoms with Crippen LogP contribution in [0.15, 0.2) is 35.5 Å². The van der Waals surface area contributed by atoms with Crippen molar-refractivity contribution < 1.29 is 9.53 Å². The Balaban J connectivity index is 1.91. The number of carbonyl (C=O) groups excluding carboxylic acids is 1. The highest BCUT2D eigenvalue weighted by Gasteiger charge is 2.10. The highest BCUT2D eigenvalue weighted by molar-refractivity contribution is 7.99. The Labute approximate surface area is 140 Å². The molecule has 0 aliphatic rings. The summed E-state index contributed by atoms with van der Waals surface area (Å²) in [4.78, 5) is 20.8. The van der Waals surface area contributed by atoms with Crippen LogP contribution in [0.5, 0.6) is 5.75 Å². The molecule has 0 saturated heterocycles. The molecule has 0 atom stereocenters. The number of rotatable bonds is 7. The van der Waals surface area contributed by atoms with Crippen molar-refractivity contribution >= 4 is 17.7 Å². The lowest BCUT2D eigenvalue weighted by molar-refractivity contribution is 0.0948. The lowest BCUT2D eigenvalue weighted by atomic mass is 10.1. The van der Waals surface area contributed by atoms with E-state index in [0.29, 0.717) is 17.4 Å². The van der Waals surface area contributed by atoms with Crippen molar-refractivity contribution in [2.24, 2.45) is 0 Å². The van der Waals surface area contributed by atoms with Gasteiger partial charge in [0.05, 0.1) is 7.11 Å². The minimum atomic E-state index is -0.165. The third-order valence-electron chi connectivity index (χ3n) is 3.20. The SMILES string of the molecule is CCSc1nc(C)cc(C(=O)NCCc2ccc(OC)cc2)n1. The van der Waals surface area contributed by atoms with Crippen molar-refractivity contribution in [3.8, 4) is 5.75 Å². The molecule has 1 amide bonds. The number of carbonyl (C=O) groups is 1. The first-order chi connectivity index (χ1) is 11.1. The Bertz CT molecular complexity index is 659. The fourth-order valence-corrected chi connectivity index (χ4v) is 2.68. The van der Waals surface area contributed by atoms with Crippen LogP contribution in [-0.2, 0) is 6.42 Å². The normalized spacial score (nSPS) is 10.4. The number of aryl methyl sites for hydroxylation is 1. The third kappa shape index (κ3) is 5.25. The predicted molar refractivity (Wildman–Crippen MR) is 92.2 cm³/mol. The minimum Gasteiger partial charge on any atom is -0.497 e. The number of aromatic nitrogens is 2. The second-order valence-electron chi connectivity index (χ2n) is 4.96. The van der Waals surface area contributed by atoms with Gasteiger partial charge in [-0.2, -0.15) is 0 Å². The Morgan fingerprint density at radius 3 is 2.65 bits per heavy atom. The quantitative estimate of drug-likeness (QED) is 0.624. The summed E-state index contributed by atoms with van der Waals surface area (Å²) in [5.74, 6) is 1.54. The topological polar surface area (TPSA) is 64.1 Å². The predicted octanol–water partition coefficient (Wildman–Crippen LogP) is 2.88. The molecule has 0 unspecified atom stereocenters. The van der Waals surface area contributed by atoms with Gasteiger partial charge < -0.3 is 10.1 Å². The summed E-state index contributed by atoms with van der Waals surface area (Å²) in [6.45, 7) is 4.46. The van der Waals surface area contributed by atoms with Crippen molar-refractivity contribution in [3.63, 3.8) is 0 Å². The minimum absolute atomic E-state index is 0.165. The van der Waals surface area contributed by atoms with E-state index >= 15 is 0 Å². The van der Waals surface area contributed by atoms with Crippen LogP contribution in [0.2, 0.25) is 0 Å². The molecule has 0 radical (unpaired) electrons. The number of hydrogen-bond donors (Lipinski definition) is 1. The monoisotopic (exact) mass is 331 g/mol. The highest BCUT2D eigenvalue weighted by Crippen LogP contribution is 2.14. The highest BCUT2D eigenvalue weighted by atomic mass is 32.2. The van der Waals surface area contributed by atoms with E-state index in [4.69, 9.17) is 4.74 Å². The van der Waals surface area contributed by atoms with Crippen molar-refractivity contribution in [2.45, 2.75) is 25.4 Å². The standard InChI is InChI=1S/C17H21N3O2S/c1-4-23-17-19-12(2)11-15(20-17)16(21)18-10-9-13-5-7-14(22-3)8-6-13/h5-8,11H,4,9-10H2,1-3H3,(H,18,21). The molecule has 1 aromatic carbocycles. The number of amides is 1. The van der Waals surface area contributed by atoms with Crippen molar-refractivity contribution in [3.05, 3.63) is 47.3 Å². The summed E-state index contributed by atoms with van der Waals surface area (Å²) >= 11 is 1.53. The Kier molecular flexibility index (Phi) is 6.40. The van der Waals surface area contributed by atoms with Crippen LogP contribution < -0.4 is 10.1 Å². The van der Waals surface area contributed by atoms with E-state index in [0.717, 1.165) is 29.2 Å². The number of thioether (sulfide) groups is 1. The van der Waals surface area contributed by atoms with Crippen LogP contribution >= 0.6 is 11.8 Å². The number of methoxy groups -OCH3 is 1. The molecule has 5 nitrogen and oxygen atoms in total. The molecule has 122 valence electrons. The number of nitrogens with zero attached hydrogens (tertiary/aromatic N) is 2. The third-order valence-corrected chi connectivity index (χ3v) is 3.93. The van der Waals surface area contributed by atoms with E-state index < -0.39 is 0 Å². The lowest BCUT2D eigenvalue weighted by Crippen LogP contribution is -2.27. The zero-order valence-electron chi connectivity index (χ0n) is 13.6. The van der Waals surface area contributed by atoms with Crippen LogP contribution in [-0.4, -0.2) is 35.3 Å². The molecule has 6 heteroatoms.